The van der Waals surface area contributed by atoms with Gasteiger partial charge in [0.25, 0.3) is 5.91 Å². The summed E-state index contributed by atoms with van der Waals surface area (Å²) in [7, 11) is 1.61. The van der Waals surface area contributed by atoms with Crippen molar-refractivity contribution < 1.29 is 9.53 Å². The molecule has 1 unspecified atom stereocenters. The Morgan fingerprint density at radius 1 is 1.39 bits per heavy atom. The summed E-state index contributed by atoms with van der Waals surface area (Å²) in [6, 6.07) is 3.39. The van der Waals surface area contributed by atoms with Crippen LogP contribution in [0.3, 0.4) is 0 Å². The number of nitrogens with one attached hydrogen (secondary N) is 2. The molecule has 6 nitrogen and oxygen atoms in total. The van der Waals surface area contributed by atoms with Gasteiger partial charge in [0.05, 0.1) is 12.6 Å². The van der Waals surface area contributed by atoms with Crippen LogP contribution in [0.25, 0.3) is 0 Å². The van der Waals surface area contributed by atoms with Crippen molar-refractivity contribution in [3.05, 3.63) is 17.8 Å². The number of aromatic nitrogens is 2. The van der Waals surface area contributed by atoms with Crippen LogP contribution in [0.1, 0.15) is 30.8 Å². The van der Waals surface area contributed by atoms with E-state index in [1.165, 1.54) is 0 Å². The first kappa shape index (κ1) is 14.4. The minimum atomic E-state index is -0.227. The van der Waals surface area contributed by atoms with E-state index in [0.29, 0.717) is 18.1 Å². The topological polar surface area (TPSA) is 76.1 Å². The van der Waals surface area contributed by atoms with Crippen LogP contribution in [0.15, 0.2) is 12.1 Å². The third-order valence-corrected chi connectivity index (χ3v) is 2.45. The van der Waals surface area contributed by atoms with Gasteiger partial charge in [-0.25, -0.2) is 0 Å². The van der Waals surface area contributed by atoms with E-state index in [9.17, 15) is 4.79 Å². The van der Waals surface area contributed by atoms with E-state index < -0.39 is 0 Å². The molecular weight excluding hydrogens is 232 g/mol. The minimum Gasteiger partial charge on any atom is -0.383 e. The molecule has 0 saturated carbocycles. The number of carbonyl (C=O) groups is 1. The quantitative estimate of drug-likeness (QED) is 0.759. The van der Waals surface area contributed by atoms with Crippen LogP contribution in [-0.2, 0) is 4.74 Å². The van der Waals surface area contributed by atoms with Crippen molar-refractivity contribution in [2.24, 2.45) is 0 Å². The van der Waals surface area contributed by atoms with Gasteiger partial charge in [-0.15, -0.1) is 10.2 Å². The van der Waals surface area contributed by atoms with Crippen molar-refractivity contribution in [1.29, 1.82) is 0 Å². The van der Waals surface area contributed by atoms with E-state index >= 15 is 0 Å². The Morgan fingerprint density at radius 3 is 2.67 bits per heavy atom. The highest BCUT2D eigenvalue weighted by Gasteiger charge is 2.13. The second-order valence-corrected chi connectivity index (χ2v) is 3.87. The van der Waals surface area contributed by atoms with Crippen LogP contribution >= 0.6 is 0 Å². The molecule has 2 N–H and O–H groups in total. The summed E-state index contributed by atoms with van der Waals surface area (Å²) in [4.78, 5) is 11.9. The average Bonchev–Trinajstić information content (AvgIpc) is 2.39. The van der Waals surface area contributed by atoms with Crippen LogP contribution in [0, 0.1) is 0 Å². The highest BCUT2D eigenvalue weighted by Crippen LogP contribution is 2.02. The Hall–Kier alpha value is -1.69. The second kappa shape index (κ2) is 7.60. The van der Waals surface area contributed by atoms with Crippen molar-refractivity contribution in [3.63, 3.8) is 0 Å². The lowest BCUT2D eigenvalue weighted by molar-refractivity contribution is 0.0888. The fourth-order valence-electron chi connectivity index (χ4n) is 1.45. The first-order valence-corrected chi connectivity index (χ1v) is 6.08. The van der Waals surface area contributed by atoms with Gasteiger partial charge in [-0.3, -0.25) is 4.79 Å². The molecule has 6 heteroatoms. The number of anilines is 1. The van der Waals surface area contributed by atoms with Gasteiger partial charge in [-0.1, -0.05) is 6.92 Å². The smallest absolute Gasteiger partial charge is 0.272 e. The maximum Gasteiger partial charge on any atom is 0.272 e. The Morgan fingerprint density at radius 2 is 2.17 bits per heavy atom. The van der Waals surface area contributed by atoms with Crippen LogP contribution in [-0.4, -0.2) is 42.4 Å². The molecule has 1 atom stereocenters. The maximum atomic E-state index is 11.9. The largest absolute Gasteiger partial charge is 0.383 e. The SMILES string of the molecule is CCNc1ccc(C(=O)NC(CC)COC)nn1. The van der Waals surface area contributed by atoms with Gasteiger partial charge >= 0.3 is 0 Å². The number of methoxy groups -OCH3 is 1. The van der Waals surface area contributed by atoms with E-state index in [1.807, 2.05) is 13.8 Å². The van der Waals surface area contributed by atoms with Crippen molar-refractivity contribution in [1.82, 2.24) is 15.5 Å². The number of hydrogen-bond donors (Lipinski definition) is 2. The number of ether oxygens (including phenoxy) is 1. The van der Waals surface area contributed by atoms with Crippen LogP contribution in [0.2, 0.25) is 0 Å². The zero-order valence-electron chi connectivity index (χ0n) is 11.1. The molecule has 0 spiro atoms. The van der Waals surface area contributed by atoms with E-state index in [-0.39, 0.29) is 11.9 Å². The molecule has 100 valence electrons. The molecule has 0 aliphatic heterocycles. The van der Waals surface area contributed by atoms with Crippen LogP contribution in [0.4, 0.5) is 5.82 Å². The Bertz CT molecular complexity index is 367. The summed E-state index contributed by atoms with van der Waals surface area (Å²) >= 11 is 0. The molecule has 0 saturated heterocycles. The normalized spacial score (nSPS) is 11.9. The molecule has 0 bridgehead atoms. The van der Waals surface area contributed by atoms with Gasteiger partial charge in [0.15, 0.2) is 5.69 Å². The molecule has 1 aromatic rings. The summed E-state index contributed by atoms with van der Waals surface area (Å²) in [5.41, 5.74) is 0.311. The van der Waals surface area contributed by atoms with Gasteiger partial charge in [0.2, 0.25) is 0 Å². The Balaban J connectivity index is 2.60. The monoisotopic (exact) mass is 252 g/mol. The average molecular weight is 252 g/mol. The van der Waals surface area contributed by atoms with Gasteiger partial charge in [-0.2, -0.15) is 0 Å². The third kappa shape index (κ3) is 4.29. The zero-order chi connectivity index (χ0) is 13.4. The molecule has 18 heavy (non-hydrogen) atoms. The third-order valence-electron chi connectivity index (χ3n) is 2.45. The summed E-state index contributed by atoms with van der Waals surface area (Å²) in [5.74, 6) is 0.437. The summed E-state index contributed by atoms with van der Waals surface area (Å²) < 4.78 is 5.02. The van der Waals surface area contributed by atoms with E-state index in [2.05, 4.69) is 20.8 Å². The summed E-state index contributed by atoms with van der Waals surface area (Å²) in [6.45, 7) is 5.22. The predicted molar refractivity (Wildman–Crippen MR) is 69.6 cm³/mol. The highest BCUT2D eigenvalue weighted by atomic mass is 16.5. The molecule has 0 radical (unpaired) electrons. The number of carbonyl (C=O) groups excluding carboxylic acids is 1. The second-order valence-electron chi connectivity index (χ2n) is 3.87. The zero-order valence-corrected chi connectivity index (χ0v) is 11.1. The number of rotatable bonds is 7. The Kier molecular flexibility index (Phi) is 6.07. The van der Waals surface area contributed by atoms with Crippen molar-refractivity contribution >= 4 is 11.7 Å². The maximum absolute atomic E-state index is 11.9. The molecule has 1 heterocycles. The standard InChI is InChI=1S/C12H20N4O2/c1-4-9(8-18-3)14-12(17)10-6-7-11(13-5-2)16-15-10/h6-7,9H,4-5,8H2,1-3H3,(H,13,16)(H,14,17). The first-order valence-electron chi connectivity index (χ1n) is 6.08. The van der Waals surface area contributed by atoms with Crippen LogP contribution in [0.5, 0.6) is 0 Å². The molecule has 0 aliphatic rings. The van der Waals surface area contributed by atoms with Gasteiger partial charge in [0, 0.05) is 13.7 Å². The van der Waals surface area contributed by atoms with E-state index in [1.54, 1.807) is 19.2 Å². The first-order chi connectivity index (χ1) is 8.71. The summed E-state index contributed by atoms with van der Waals surface area (Å²) in [6.07, 6.45) is 0.808. The Labute approximate surface area is 107 Å². The molecule has 0 fully saturated rings. The van der Waals surface area contributed by atoms with Gasteiger partial charge < -0.3 is 15.4 Å². The fourth-order valence-corrected chi connectivity index (χ4v) is 1.45. The van der Waals surface area contributed by atoms with Crippen molar-refractivity contribution in [2.45, 2.75) is 26.3 Å². The van der Waals surface area contributed by atoms with Crippen molar-refractivity contribution in [2.75, 3.05) is 25.6 Å². The molecule has 0 aromatic carbocycles. The number of hydrogen-bond acceptors (Lipinski definition) is 5. The molecule has 0 aliphatic carbocycles. The van der Waals surface area contributed by atoms with E-state index in [0.717, 1.165) is 13.0 Å². The van der Waals surface area contributed by atoms with Gasteiger partial charge in [-0.05, 0) is 25.5 Å². The molecule has 1 rings (SSSR count). The lowest BCUT2D eigenvalue weighted by Crippen LogP contribution is -2.38. The lowest BCUT2D eigenvalue weighted by Gasteiger charge is -2.15. The molecule has 1 amide bonds. The molecule has 1 aromatic heterocycles. The number of amides is 1. The number of nitrogens with zero attached hydrogens (tertiary/aromatic N) is 2. The molecular formula is C12H20N4O2. The fraction of sp³-hybridized carbons (Fsp3) is 0.583. The van der Waals surface area contributed by atoms with Gasteiger partial charge in [0.1, 0.15) is 5.82 Å². The van der Waals surface area contributed by atoms with Crippen LogP contribution < -0.4 is 10.6 Å². The lowest BCUT2D eigenvalue weighted by atomic mass is 10.2. The van der Waals surface area contributed by atoms with Crippen molar-refractivity contribution in [3.8, 4) is 0 Å². The minimum absolute atomic E-state index is 0.00209. The highest BCUT2D eigenvalue weighted by molar-refractivity contribution is 5.92. The predicted octanol–water partition coefficient (Wildman–Crippen LogP) is 1.06. The van der Waals surface area contributed by atoms with E-state index in [4.69, 9.17) is 4.74 Å². The summed E-state index contributed by atoms with van der Waals surface area (Å²) in [5, 5.41) is 13.7.